The Bertz CT molecular complexity index is 859. The number of benzene rings is 1. The Morgan fingerprint density at radius 1 is 1.21 bits per heavy atom. The summed E-state index contributed by atoms with van der Waals surface area (Å²) in [7, 11) is -1.76. The van der Waals surface area contributed by atoms with E-state index in [-0.39, 0.29) is 5.91 Å². The van der Waals surface area contributed by atoms with E-state index < -0.39 is 10.0 Å². The number of quaternary nitrogens is 1. The number of sulfonamides is 1. The van der Waals surface area contributed by atoms with Gasteiger partial charge in [0.05, 0.1) is 33.3 Å². The van der Waals surface area contributed by atoms with Crippen LogP contribution in [0.4, 0.5) is 0 Å². The molecule has 7 nitrogen and oxygen atoms in total. The van der Waals surface area contributed by atoms with E-state index in [9.17, 15) is 13.2 Å². The van der Waals surface area contributed by atoms with E-state index in [4.69, 9.17) is 4.74 Å². The molecule has 3 rings (SSSR count). The van der Waals surface area contributed by atoms with Crippen LogP contribution in [0, 0.1) is 0 Å². The van der Waals surface area contributed by atoms with Crippen molar-refractivity contribution < 1.29 is 22.8 Å². The molecule has 1 aliphatic heterocycles. The Morgan fingerprint density at radius 2 is 1.93 bits per heavy atom. The maximum atomic E-state index is 12.5. The number of nitrogens with one attached hydrogen (secondary N) is 2. The number of carbonyl (C=O) groups excluding carboxylic acids is 1. The number of carbonyl (C=O) groups is 1. The molecule has 1 amide bonds. The second-order valence-electron chi connectivity index (χ2n) is 6.71. The van der Waals surface area contributed by atoms with Crippen LogP contribution >= 0.6 is 11.3 Å². The van der Waals surface area contributed by atoms with Crippen molar-refractivity contribution in [3.05, 3.63) is 47.3 Å². The zero-order valence-corrected chi connectivity index (χ0v) is 17.5. The monoisotopic (exact) mass is 424 g/mol. The van der Waals surface area contributed by atoms with E-state index in [2.05, 4.69) is 5.32 Å². The average molecular weight is 425 g/mol. The second kappa shape index (κ2) is 9.51. The summed E-state index contributed by atoms with van der Waals surface area (Å²) in [6.45, 7) is 3.10. The van der Waals surface area contributed by atoms with Crippen LogP contribution in [0.1, 0.15) is 5.56 Å². The first-order chi connectivity index (χ1) is 13.5. The van der Waals surface area contributed by atoms with Crippen LogP contribution in [0.15, 0.2) is 46.0 Å². The van der Waals surface area contributed by atoms with Gasteiger partial charge in [0.2, 0.25) is 0 Å². The Balaban J connectivity index is 1.39. The third kappa shape index (κ3) is 5.32. The van der Waals surface area contributed by atoms with Crippen molar-refractivity contribution in [1.29, 1.82) is 0 Å². The molecule has 152 valence electrons. The fourth-order valence-corrected chi connectivity index (χ4v) is 5.77. The minimum atomic E-state index is -3.39. The highest BCUT2D eigenvalue weighted by Gasteiger charge is 2.31. The molecule has 1 fully saturated rings. The molecular formula is C19H26N3O4S2+. The average Bonchev–Trinajstić information content (AvgIpc) is 3.25. The first-order valence-electron chi connectivity index (χ1n) is 9.26. The topological polar surface area (TPSA) is 80.2 Å². The maximum absolute atomic E-state index is 12.5. The maximum Gasteiger partial charge on any atom is 0.275 e. The highest BCUT2D eigenvalue weighted by molar-refractivity contribution is 7.91. The lowest BCUT2D eigenvalue weighted by Gasteiger charge is -2.30. The first kappa shape index (κ1) is 20.8. The van der Waals surface area contributed by atoms with Crippen LogP contribution in [0.5, 0.6) is 5.75 Å². The van der Waals surface area contributed by atoms with Gasteiger partial charge in [-0.1, -0.05) is 18.2 Å². The Hall–Kier alpha value is -1.94. The predicted octanol–water partition coefficient (Wildman–Crippen LogP) is 0.00480. The molecule has 1 aromatic carbocycles. The van der Waals surface area contributed by atoms with Gasteiger partial charge in [-0.25, -0.2) is 8.42 Å². The molecule has 0 saturated carbocycles. The molecule has 2 heterocycles. The van der Waals surface area contributed by atoms with Gasteiger partial charge in [0, 0.05) is 6.54 Å². The number of thiophene rings is 1. The van der Waals surface area contributed by atoms with Crippen LogP contribution in [-0.4, -0.2) is 65.0 Å². The quantitative estimate of drug-likeness (QED) is 0.626. The number of ether oxygens (including phenoxy) is 1. The van der Waals surface area contributed by atoms with Crippen molar-refractivity contribution in [1.82, 2.24) is 9.62 Å². The fourth-order valence-electron chi connectivity index (χ4n) is 3.19. The van der Waals surface area contributed by atoms with Crippen LogP contribution < -0.4 is 15.0 Å². The predicted molar refractivity (Wildman–Crippen MR) is 108 cm³/mol. The molecular weight excluding hydrogens is 398 g/mol. The number of methoxy groups -OCH3 is 1. The molecule has 28 heavy (non-hydrogen) atoms. The van der Waals surface area contributed by atoms with Gasteiger partial charge in [-0.3, -0.25) is 4.79 Å². The normalized spacial score (nSPS) is 16.0. The smallest absolute Gasteiger partial charge is 0.275 e. The minimum absolute atomic E-state index is 0.00178. The number of amides is 1. The molecule has 0 atom stereocenters. The lowest BCUT2D eigenvalue weighted by Crippen LogP contribution is -3.15. The SMILES string of the molecule is COc1ccc(CCNC(=O)C[NH+]2CCN(S(=O)(=O)c3cccs3)CC2)cc1. The molecule has 9 heteroatoms. The van der Waals surface area contributed by atoms with Crippen LogP contribution in [0.3, 0.4) is 0 Å². The summed E-state index contributed by atoms with van der Waals surface area (Å²) in [4.78, 5) is 13.3. The van der Waals surface area contributed by atoms with E-state index in [1.54, 1.807) is 24.6 Å². The molecule has 1 saturated heterocycles. The molecule has 2 N–H and O–H groups in total. The Kier molecular flexibility index (Phi) is 7.06. The summed E-state index contributed by atoms with van der Waals surface area (Å²) in [6.07, 6.45) is 0.762. The second-order valence-corrected chi connectivity index (χ2v) is 9.82. The number of hydrogen-bond donors (Lipinski definition) is 2. The lowest BCUT2D eigenvalue weighted by molar-refractivity contribution is -0.895. The van der Waals surface area contributed by atoms with Gasteiger partial charge in [-0.15, -0.1) is 11.3 Å². The molecule has 1 aliphatic rings. The van der Waals surface area contributed by atoms with Gasteiger partial charge in [0.1, 0.15) is 9.96 Å². The first-order valence-corrected chi connectivity index (χ1v) is 11.6. The summed E-state index contributed by atoms with van der Waals surface area (Å²) >= 11 is 1.24. The summed E-state index contributed by atoms with van der Waals surface area (Å²) in [6, 6.07) is 11.2. The lowest BCUT2D eigenvalue weighted by atomic mass is 10.1. The van der Waals surface area contributed by atoms with Gasteiger partial charge in [0.15, 0.2) is 6.54 Å². The van der Waals surface area contributed by atoms with Crippen molar-refractivity contribution in [2.45, 2.75) is 10.6 Å². The molecule has 1 aromatic heterocycles. The Morgan fingerprint density at radius 3 is 2.54 bits per heavy atom. The zero-order valence-electron chi connectivity index (χ0n) is 15.9. The van der Waals surface area contributed by atoms with Gasteiger partial charge in [-0.2, -0.15) is 4.31 Å². The van der Waals surface area contributed by atoms with Gasteiger partial charge >= 0.3 is 0 Å². The van der Waals surface area contributed by atoms with E-state index in [1.165, 1.54) is 15.6 Å². The van der Waals surface area contributed by atoms with Crippen molar-refractivity contribution in [2.75, 3.05) is 46.4 Å². The van der Waals surface area contributed by atoms with Gasteiger partial charge in [-0.05, 0) is 35.6 Å². The summed E-state index contributed by atoms with van der Waals surface area (Å²) in [5.41, 5.74) is 1.14. The molecule has 2 aromatic rings. The summed E-state index contributed by atoms with van der Waals surface area (Å²) in [5.74, 6) is 0.815. The van der Waals surface area contributed by atoms with E-state index >= 15 is 0 Å². The van der Waals surface area contributed by atoms with Crippen LogP contribution in [-0.2, 0) is 21.2 Å². The Labute approximate surface area is 170 Å². The zero-order chi connectivity index (χ0) is 20.0. The van der Waals surface area contributed by atoms with Gasteiger partial charge < -0.3 is 15.0 Å². The molecule has 0 bridgehead atoms. The van der Waals surface area contributed by atoms with Gasteiger partial charge in [0.25, 0.3) is 15.9 Å². The number of piperazine rings is 1. The van der Waals surface area contributed by atoms with E-state index in [0.717, 1.165) is 22.6 Å². The summed E-state index contributed by atoms with van der Waals surface area (Å²) in [5, 5.41) is 4.72. The largest absolute Gasteiger partial charge is 0.497 e. The summed E-state index contributed by atoms with van der Waals surface area (Å²) < 4.78 is 32.1. The van der Waals surface area contributed by atoms with Crippen LogP contribution in [0.2, 0.25) is 0 Å². The molecule has 0 unspecified atom stereocenters. The highest BCUT2D eigenvalue weighted by Crippen LogP contribution is 2.20. The third-order valence-electron chi connectivity index (χ3n) is 4.82. The standard InChI is InChI=1S/C19H25N3O4S2/c1-26-17-6-4-16(5-7-17)8-9-20-18(23)15-21-10-12-22(13-11-21)28(24,25)19-3-2-14-27-19/h2-7,14H,8-13,15H2,1H3,(H,20,23)/p+1. The number of rotatable bonds is 8. The number of hydrogen-bond acceptors (Lipinski definition) is 5. The molecule has 0 radical (unpaired) electrons. The molecule has 0 aliphatic carbocycles. The van der Waals surface area contributed by atoms with Crippen molar-refractivity contribution >= 4 is 27.3 Å². The van der Waals surface area contributed by atoms with E-state index in [1.807, 2.05) is 24.3 Å². The third-order valence-corrected chi connectivity index (χ3v) is 8.10. The van der Waals surface area contributed by atoms with Crippen molar-refractivity contribution in [3.8, 4) is 5.75 Å². The van der Waals surface area contributed by atoms with Crippen molar-refractivity contribution in [3.63, 3.8) is 0 Å². The van der Waals surface area contributed by atoms with Crippen molar-refractivity contribution in [2.24, 2.45) is 0 Å². The fraction of sp³-hybridized carbons (Fsp3) is 0.421. The number of nitrogens with zero attached hydrogens (tertiary/aromatic N) is 1. The van der Waals surface area contributed by atoms with E-state index in [0.29, 0.717) is 43.5 Å². The minimum Gasteiger partial charge on any atom is -0.497 e. The highest BCUT2D eigenvalue weighted by atomic mass is 32.2. The van der Waals surface area contributed by atoms with Crippen LogP contribution in [0.25, 0.3) is 0 Å². The molecule has 0 spiro atoms.